The molecule has 1 aromatic rings. The highest BCUT2D eigenvalue weighted by atomic mass is 35.5. The Morgan fingerprint density at radius 3 is 3.00 bits per heavy atom. The van der Waals surface area contributed by atoms with Crippen LogP contribution in [0.3, 0.4) is 0 Å². The smallest absolute Gasteiger partial charge is 0.138 e. The number of thioether (sulfide) groups is 1. The molecule has 1 aliphatic rings. The van der Waals surface area contributed by atoms with Gasteiger partial charge in [0.05, 0.1) is 5.02 Å². The summed E-state index contributed by atoms with van der Waals surface area (Å²) in [5.41, 5.74) is 6.82. The Hall–Kier alpha value is -0.380. The molecule has 1 heterocycles. The first-order chi connectivity index (χ1) is 8.20. The van der Waals surface area contributed by atoms with Gasteiger partial charge in [0.25, 0.3) is 0 Å². The highest BCUT2D eigenvalue weighted by molar-refractivity contribution is 7.99. The molecule has 1 saturated heterocycles. The predicted molar refractivity (Wildman–Crippen MR) is 75.3 cm³/mol. The molecule has 0 radical (unpaired) electrons. The summed E-state index contributed by atoms with van der Waals surface area (Å²) in [4.78, 5) is 0. The Morgan fingerprint density at radius 1 is 1.59 bits per heavy atom. The summed E-state index contributed by atoms with van der Waals surface area (Å²) in [5.74, 6) is 3.39. The molecule has 2 unspecified atom stereocenters. The second-order valence-corrected chi connectivity index (χ2v) is 5.99. The van der Waals surface area contributed by atoms with E-state index in [9.17, 15) is 0 Å². The molecule has 17 heavy (non-hydrogen) atoms. The molecule has 1 aliphatic heterocycles. The van der Waals surface area contributed by atoms with E-state index >= 15 is 0 Å². The number of nitrogens with two attached hydrogens (primary N) is 1. The predicted octanol–water partition coefficient (Wildman–Crippen LogP) is 3.29. The van der Waals surface area contributed by atoms with Crippen molar-refractivity contribution in [1.82, 2.24) is 0 Å². The zero-order valence-electron chi connectivity index (χ0n) is 9.99. The minimum Gasteiger partial charge on any atom is -0.488 e. The quantitative estimate of drug-likeness (QED) is 0.913. The molecule has 2 atom stereocenters. The van der Waals surface area contributed by atoms with Crippen LogP contribution in [0.5, 0.6) is 5.75 Å². The lowest BCUT2D eigenvalue weighted by Crippen LogP contribution is -2.15. The van der Waals surface area contributed by atoms with Crippen LogP contribution in [-0.2, 0) is 0 Å². The Morgan fingerprint density at radius 2 is 2.41 bits per heavy atom. The Balaban J connectivity index is 2.08. The number of hydrogen-bond acceptors (Lipinski definition) is 3. The van der Waals surface area contributed by atoms with Crippen LogP contribution in [0.2, 0.25) is 5.02 Å². The van der Waals surface area contributed by atoms with E-state index in [1.165, 1.54) is 11.3 Å². The molecule has 2 N–H and O–H groups in total. The largest absolute Gasteiger partial charge is 0.488 e. The van der Waals surface area contributed by atoms with Gasteiger partial charge in [-0.3, -0.25) is 0 Å². The van der Waals surface area contributed by atoms with Gasteiger partial charge < -0.3 is 10.5 Å². The number of ether oxygens (including phenoxy) is 1. The van der Waals surface area contributed by atoms with Gasteiger partial charge in [-0.25, -0.2) is 0 Å². The van der Waals surface area contributed by atoms with Crippen molar-refractivity contribution in [3.8, 4) is 5.75 Å². The van der Waals surface area contributed by atoms with E-state index in [0.29, 0.717) is 23.6 Å². The van der Waals surface area contributed by atoms with Crippen LogP contribution < -0.4 is 10.5 Å². The van der Waals surface area contributed by atoms with Gasteiger partial charge in [0.1, 0.15) is 11.9 Å². The van der Waals surface area contributed by atoms with Gasteiger partial charge in [-0.05, 0) is 42.3 Å². The van der Waals surface area contributed by atoms with Crippen LogP contribution in [-0.4, -0.2) is 24.2 Å². The van der Waals surface area contributed by atoms with Crippen molar-refractivity contribution in [3.63, 3.8) is 0 Å². The lowest BCUT2D eigenvalue weighted by atomic mass is 10.0. The molecule has 0 bridgehead atoms. The lowest BCUT2D eigenvalue weighted by Gasteiger charge is -2.16. The van der Waals surface area contributed by atoms with Gasteiger partial charge in [-0.2, -0.15) is 11.8 Å². The minimum atomic E-state index is 0.315. The molecule has 1 fully saturated rings. The molecular weight excluding hydrogens is 254 g/mol. The first-order valence-electron chi connectivity index (χ1n) is 5.94. The summed E-state index contributed by atoms with van der Waals surface area (Å²) >= 11 is 8.17. The van der Waals surface area contributed by atoms with E-state index in [4.69, 9.17) is 22.1 Å². The standard InChI is InChI=1S/C13H18ClNOS/c1-9(7-15)10-2-3-13(12(14)6-10)16-11-4-5-17-8-11/h2-3,6,9,11H,4-5,7-8,15H2,1H3. The molecule has 0 saturated carbocycles. The molecule has 94 valence electrons. The second kappa shape index (κ2) is 5.98. The fourth-order valence-corrected chi connectivity index (χ4v) is 3.17. The van der Waals surface area contributed by atoms with Gasteiger partial charge in [0.2, 0.25) is 0 Å². The second-order valence-electron chi connectivity index (χ2n) is 4.43. The summed E-state index contributed by atoms with van der Waals surface area (Å²) in [7, 11) is 0. The molecule has 2 rings (SSSR count). The number of benzene rings is 1. The Kier molecular flexibility index (Phi) is 4.60. The van der Waals surface area contributed by atoms with Gasteiger partial charge in [-0.1, -0.05) is 24.6 Å². The van der Waals surface area contributed by atoms with Crippen molar-refractivity contribution in [2.45, 2.75) is 25.4 Å². The van der Waals surface area contributed by atoms with Gasteiger partial charge >= 0.3 is 0 Å². The topological polar surface area (TPSA) is 35.2 Å². The first-order valence-corrected chi connectivity index (χ1v) is 7.48. The molecular formula is C13H18ClNOS. The maximum Gasteiger partial charge on any atom is 0.138 e. The zero-order valence-corrected chi connectivity index (χ0v) is 11.6. The average molecular weight is 272 g/mol. The summed E-state index contributed by atoms with van der Waals surface area (Å²) < 4.78 is 5.89. The highest BCUT2D eigenvalue weighted by Gasteiger charge is 2.18. The zero-order chi connectivity index (χ0) is 12.3. The number of hydrogen-bond donors (Lipinski definition) is 1. The summed E-state index contributed by atoms with van der Waals surface area (Å²) in [5, 5.41) is 0.694. The molecule has 0 spiro atoms. The third-order valence-corrected chi connectivity index (χ3v) is 4.49. The van der Waals surface area contributed by atoms with E-state index in [0.717, 1.165) is 17.9 Å². The van der Waals surface area contributed by atoms with Crippen LogP contribution in [0.4, 0.5) is 0 Å². The van der Waals surface area contributed by atoms with E-state index in [1.807, 2.05) is 23.9 Å². The summed E-state index contributed by atoms with van der Waals surface area (Å²) in [6.45, 7) is 2.73. The molecule has 0 aromatic heterocycles. The molecule has 0 aliphatic carbocycles. The average Bonchev–Trinajstić information content (AvgIpc) is 2.83. The number of rotatable bonds is 4. The van der Waals surface area contributed by atoms with Crippen LogP contribution in [0, 0.1) is 0 Å². The highest BCUT2D eigenvalue weighted by Crippen LogP contribution is 2.31. The van der Waals surface area contributed by atoms with E-state index in [2.05, 4.69) is 13.0 Å². The normalized spacial score (nSPS) is 21.5. The maximum absolute atomic E-state index is 6.24. The van der Waals surface area contributed by atoms with Crippen molar-refractivity contribution < 1.29 is 4.74 Å². The van der Waals surface area contributed by atoms with E-state index in [-0.39, 0.29) is 0 Å². The van der Waals surface area contributed by atoms with Crippen LogP contribution in [0.1, 0.15) is 24.8 Å². The van der Waals surface area contributed by atoms with Crippen LogP contribution in [0.15, 0.2) is 18.2 Å². The third kappa shape index (κ3) is 3.30. The summed E-state index contributed by atoms with van der Waals surface area (Å²) in [6.07, 6.45) is 1.43. The van der Waals surface area contributed by atoms with Crippen LogP contribution >= 0.6 is 23.4 Å². The van der Waals surface area contributed by atoms with Gasteiger partial charge in [0, 0.05) is 5.75 Å². The van der Waals surface area contributed by atoms with Gasteiger partial charge in [0.15, 0.2) is 0 Å². The van der Waals surface area contributed by atoms with Crippen molar-refractivity contribution in [2.24, 2.45) is 5.73 Å². The van der Waals surface area contributed by atoms with Crippen molar-refractivity contribution in [3.05, 3.63) is 28.8 Å². The fraction of sp³-hybridized carbons (Fsp3) is 0.538. The van der Waals surface area contributed by atoms with Crippen molar-refractivity contribution >= 4 is 23.4 Å². The van der Waals surface area contributed by atoms with E-state index < -0.39 is 0 Å². The molecule has 0 amide bonds. The lowest BCUT2D eigenvalue weighted by molar-refractivity contribution is 0.229. The monoisotopic (exact) mass is 271 g/mol. The maximum atomic E-state index is 6.24. The van der Waals surface area contributed by atoms with E-state index in [1.54, 1.807) is 0 Å². The third-order valence-electron chi connectivity index (χ3n) is 3.06. The van der Waals surface area contributed by atoms with Crippen molar-refractivity contribution in [1.29, 1.82) is 0 Å². The molecule has 4 heteroatoms. The van der Waals surface area contributed by atoms with Crippen LogP contribution in [0.25, 0.3) is 0 Å². The SMILES string of the molecule is CC(CN)c1ccc(OC2CCSC2)c(Cl)c1. The summed E-state index contributed by atoms with van der Waals surface area (Å²) in [6, 6.07) is 5.99. The molecule has 2 nitrogen and oxygen atoms in total. The van der Waals surface area contributed by atoms with Crippen molar-refractivity contribution in [2.75, 3.05) is 18.1 Å². The first kappa shape index (κ1) is 13.1. The van der Waals surface area contributed by atoms with Gasteiger partial charge in [-0.15, -0.1) is 0 Å². The minimum absolute atomic E-state index is 0.315. The molecule has 1 aromatic carbocycles. The Labute approximate surface area is 112 Å². The Bertz CT molecular complexity index is 380. The number of halogens is 1. The fourth-order valence-electron chi connectivity index (χ4n) is 1.84.